The van der Waals surface area contributed by atoms with Gasteiger partial charge in [0.1, 0.15) is 12.3 Å². The lowest BCUT2D eigenvalue weighted by molar-refractivity contribution is -0.119. The summed E-state index contributed by atoms with van der Waals surface area (Å²) in [4.78, 5) is 12.9. The van der Waals surface area contributed by atoms with Crippen LogP contribution in [-0.4, -0.2) is 47.9 Å². The Bertz CT molecular complexity index is 1350. The zero-order chi connectivity index (χ0) is 27.7. The fourth-order valence-electron chi connectivity index (χ4n) is 3.39. The van der Waals surface area contributed by atoms with E-state index in [1.807, 2.05) is 31.2 Å². The summed E-state index contributed by atoms with van der Waals surface area (Å²) in [6.45, 7) is 6.11. The van der Waals surface area contributed by atoms with Gasteiger partial charge in [-0.25, -0.2) is 13.8 Å². The van der Waals surface area contributed by atoms with Gasteiger partial charge in [0.25, 0.3) is 15.9 Å². The second kappa shape index (κ2) is 13.0. The van der Waals surface area contributed by atoms with Crippen molar-refractivity contribution in [3.8, 4) is 17.2 Å². The number of rotatable bonds is 12. The SMILES string of the molecule is COc1ccc(N(CC(=O)N/N=C/c2ccc(OCC(C)C)cc2)S(=O)(=O)c2ccc(C)cc2)cc1OC. The van der Waals surface area contributed by atoms with Crippen LogP contribution in [0.4, 0.5) is 5.69 Å². The molecule has 38 heavy (non-hydrogen) atoms. The van der Waals surface area contributed by atoms with E-state index in [4.69, 9.17) is 14.2 Å². The van der Waals surface area contributed by atoms with E-state index in [-0.39, 0.29) is 10.6 Å². The average molecular weight is 540 g/mol. The molecule has 0 aliphatic rings. The van der Waals surface area contributed by atoms with Gasteiger partial charge in [-0.1, -0.05) is 31.5 Å². The topological polar surface area (TPSA) is 107 Å². The molecule has 0 heterocycles. The minimum Gasteiger partial charge on any atom is -0.493 e. The van der Waals surface area contributed by atoms with Crippen LogP contribution in [0.25, 0.3) is 0 Å². The van der Waals surface area contributed by atoms with Gasteiger partial charge in [-0.05, 0) is 66.9 Å². The number of anilines is 1. The van der Waals surface area contributed by atoms with Crippen molar-refractivity contribution in [3.63, 3.8) is 0 Å². The molecule has 0 radical (unpaired) electrons. The zero-order valence-electron chi connectivity index (χ0n) is 22.2. The van der Waals surface area contributed by atoms with E-state index >= 15 is 0 Å². The first kappa shape index (κ1) is 28.5. The third-order valence-corrected chi connectivity index (χ3v) is 7.21. The van der Waals surface area contributed by atoms with Crippen molar-refractivity contribution >= 4 is 27.8 Å². The van der Waals surface area contributed by atoms with E-state index < -0.39 is 22.5 Å². The molecule has 0 saturated carbocycles. The Balaban J connectivity index is 1.80. The highest BCUT2D eigenvalue weighted by Gasteiger charge is 2.28. The number of ether oxygens (including phenoxy) is 3. The highest BCUT2D eigenvalue weighted by Crippen LogP contribution is 2.33. The fourth-order valence-corrected chi connectivity index (χ4v) is 4.80. The number of carbonyl (C=O) groups excluding carboxylic acids is 1. The number of methoxy groups -OCH3 is 2. The van der Waals surface area contributed by atoms with Gasteiger partial charge >= 0.3 is 0 Å². The van der Waals surface area contributed by atoms with Crippen molar-refractivity contribution in [3.05, 3.63) is 77.9 Å². The highest BCUT2D eigenvalue weighted by molar-refractivity contribution is 7.92. The van der Waals surface area contributed by atoms with Gasteiger partial charge in [0.15, 0.2) is 11.5 Å². The number of hydrazone groups is 1. The molecule has 0 atom stereocenters. The lowest BCUT2D eigenvalue weighted by Gasteiger charge is -2.24. The van der Waals surface area contributed by atoms with Gasteiger partial charge in [0.05, 0.1) is 37.6 Å². The summed E-state index contributed by atoms with van der Waals surface area (Å²) in [5.41, 5.74) is 4.29. The van der Waals surface area contributed by atoms with E-state index in [1.165, 1.54) is 38.6 Å². The fraction of sp³-hybridized carbons (Fsp3) is 0.286. The number of nitrogens with zero attached hydrogens (tertiary/aromatic N) is 2. The molecule has 3 rings (SSSR count). The lowest BCUT2D eigenvalue weighted by Crippen LogP contribution is -2.39. The van der Waals surface area contributed by atoms with E-state index in [1.54, 1.807) is 24.3 Å². The summed E-state index contributed by atoms with van der Waals surface area (Å²) in [7, 11) is -1.16. The number of nitrogens with one attached hydrogen (secondary N) is 1. The molecule has 1 N–H and O–H groups in total. The molecule has 0 bridgehead atoms. The van der Waals surface area contributed by atoms with Crippen LogP contribution in [0.3, 0.4) is 0 Å². The molecule has 0 spiro atoms. The molecule has 0 aromatic heterocycles. The van der Waals surface area contributed by atoms with Crippen LogP contribution >= 0.6 is 0 Å². The number of sulfonamides is 1. The van der Waals surface area contributed by atoms with Crippen LogP contribution in [0.1, 0.15) is 25.0 Å². The van der Waals surface area contributed by atoms with E-state index in [0.717, 1.165) is 21.2 Å². The first-order valence-corrected chi connectivity index (χ1v) is 13.4. The van der Waals surface area contributed by atoms with Crippen LogP contribution in [-0.2, 0) is 14.8 Å². The molecular formula is C28H33N3O6S. The van der Waals surface area contributed by atoms with Crippen molar-refractivity contribution in [2.75, 3.05) is 31.7 Å². The number of hydrogen-bond donors (Lipinski definition) is 1. The molecule has 3 aromatic rings. The lowest BCUT2D eigenvalue weighted by atomic mass is 10.2. The minimum atomic E-state index is -4.09. The summed E-state index contributed by atoms with van der Waals surface area (Å²) < 4.78 is 44.4. The van der Waals surface area contributed by atoms with Gasteiger partial charge in [0, 0.05) is 6.07 Å². The first-order chi connectivity index (χ1) is 18.1. The second-order valence-corrected chi connectivity index (χ2v) is 10.8. The molecule has 3 aromatic carbocycles. The van der Waals surface area contributed by atoms with Crippen molar-refractivity contribution in [1.82, 2.24) is 5.43 Å². The Labute approximate surface area is 224 Å². The van der Waals surface area contributed by atoms with Gasteiger partial charge in [-0.15, -0.1) is 0 Å². The molecule has 9 nitrogen and oxygen atoms in total. The molecule has 1 amide bonds. The summed E-state index contributed by atoms with van der Waals surface area (Å²) >= 11 is 0. The van der Waals surface area contributed by atoms with Crippen molar-refractivity contribution in [1.29, 1.82) is 0 Å². The van der Waals surface area contributed by atoms with Crippen LogP contribution in [0.5, 0.6) is 17.2 Å². The highest BCUT2D eigenvalue weighted by atomic mass is 32.2. The third-order valence-electron chi connectivity index (χ3n) is 5.42. The molecular weight excluding hydrogens is 506 g/mol. The monoisotopic (exact) mass is 539 g/mol. The number of hydrogen-bond acceptors (Lipinski definition) is 7. The predicted molar refractivity (Wildman–Crippen MR) is 148 cm³/mol. The smallest absolute Gasteiger partial charge is 0.264 e. The van der Waals surface area contributed by atoms with Gasteiger partial charge in [-0.3, -0.25) is 9.10 Å². The number of aryl methyl sites for hydroxylation is 1. The number of carbonyl (C=O) groups is 1. The molecule has 0 aliphatic heterocycles. The largest absolute Gasteiger partial charge is 0.493 e. The number of amides is 1. The molecule has 10 heteroatoms. The van der Waals surface area contributed by atoms with Crippen LogP contribution in [0, 0.1) is 12.8 Å². The molecule has 0 aliphatic carbocycles. The number of benzene rings is 3. The third kappa shape index (κ3) is 7.48. The summed E-state index contributed by atoms with van der Waals surface area (Å²) in [6, 6.07) is 18.3. The predicted octanol–water partition coefficient (Wildman–Crippen LogP) is 4.39. The van der Waals surface area contributed by atoms with E-state index in [2.05, 4.69) is 24.4 Å². The molecule has 0 unspecified atom stereocenters. The van der Waals surface area contributed by atoms with Crippen LogP contribution in [0.2, 0.25) is 0 Å². The average Bonchev–Trinajstić information content (AvgIpc) is 2.91. The van der Waals surface area contributed by atoms with Crippen LogP contribution < -0.4 is 23.9 Å². The van der Waals surface area contributed by atoms with Gasteiger partial charge in [0.2, 0.25) is 0 Å². The van der Waals surface area contributed by atoms with E-state index in [0.29, 0.717) is 24.0 Å². The standard InChI is InChI=1S/C28H33N3O6S/c1-20(2)19-37-24-11-8-22(9-12-24)17-29-30-28(32)18-31(23-10-15-26(35-4)27(16-23)36-5)38(33,34)25-13-6-21(3)7-14-25/h6-17,20H,18-19H2,1-5H3,(H,30,32)/b29-17+. The first-order valence-electron chi connectivity index (χ1n) is 12.0. The van der Waals surface area contributed by atoms with Crippen LogP contribution in [0.15, 0.2) is 76.7 Å². The summed E-state index contributed by atoms with van der Waals surface area (Å²) in [5.74, 6) is 1.29. The molecule has 0 saturated heterocycles. The Morgan fingerprint density at radius 1 is 0.974 bits per heavy atom. The summed E-state index contributed by atoms with van der Waals surface area (Å²) in [5, 5.41) is 3.99. The maximum absolute atomic E-state index is 13.6. The Morgan fingerprint density at radius 3 is 2.24 bits per heavy atom. The summed E-state index contributed by atoms with van der Waals surface area (Å²) in [6.07, 6.45) is 1.47. The molecule has 0 fully saturated rings. The van der Waals surface area contributed by atoms with Crippen molar-refractivity contribution in [2.24, 2.45) is 11.0 Å². The minimum absolute atomic E-state index is 0.0500. The maximum atomic E-state index is 13.6. The van der Waals surface area contributed by atoms with Crippen molar-refractivity contribution in [2.45, 2.75) is 25.7 Å². The van der Waals surface area contributed by atoms with Crippen molar-refractivity contribution < 1.29 is 27.4 Å². The zero-order valence-corrected chi connectivity index (χ0v) is 23.0. The second-order valence-electron chi connectivity index (χ2n) is 8.93. The molecule has 202 valence electrons. The normalized spacial score (nSPS) is 11.4. The van der Waals surface area contributed by atoms with Gasteiger partial charge in [-0.2, -0.15) is 5.10 Å². The van der Waals surface area contributed by atoms with Gasteiger partial charge < -0.3 is 14.2 Å². The quantitative estimate of drug-likeness (QED) is 0.270. The van der Waals surface area contributed by atoms with E-state index in [9.17, 15) is 13.2 Å². The Kier molecular flexibility index (Phi) is 9.72. The Hall–Kier alpha value is -4.05. The Morgan fingerprint density at radius 2 is 1.63 bits per heavy atom. The maximum Gasteiger partial charge on any atom is 0.264 e.